The third-order valence-electron chi connectivity index (χ3n) is 14.6. The van der Waals surface area contributed by atoms with Crippen molar-refractivity contribution in [2.75, 3.05) is 4.90 Å². The predicted octanol–water partition coefficient (Wildman–Crippen LogP) is 12.8. The fourth-order valence-corrected chi connectivity index (χ4v) is 11.9. The smallest absolute Gasteiger partial charge is 0.333 e. The first-order valence-electron chi connectivity index (χ1n) is 21.5. The molecular weight excluding hydrogens is 711 g/mol. The van der Waals surface area contributed by atoms with Crippen molar-refractivity contribution < 1.29 is 0 Å². The van der Waals surface area contributed by atoms with E-state index in [9.17, 15) is 0 Å². The van der Waals surface area contributed by atoms with Gasteiger partial charge < -0.3 is 9.38 Å². The molecule has 2 nitrogen and oxygen atoms in total. The molecule has 0 bridgehead atoms. The number of hydrogen-bond acceptors (Lipinski definition) is 1. The SMILES string of the molecule is Cc1cc2c3c(c1)N(Cc1ccc(C(C)(C)C)cc1-c1ccccc1)c1c(ccc4c1-c1ccccc1C4(C)C)B3n1c3c(c4cccc-2c41)C(C)(C)c1ccccc1-3. The lowest BCUT2D eigenvalue weighted by Gasteiger charge is -2.42. The molecule has 0 amide bonds. The molecule has 59 heavy (non-hydrogen) atoms. The van der Waals surface area contributed by atoms with Crippen molar-refractivity contribution >= 4 is 40.1 Å². The van der Waals surface area contributed by atoms with Crippen molar-refractivity contribution in [2.24, 2.45) is 0 Å². The van der Waals surface area contributed by atoms with E-state index in [1.807, 2.05) is 0 Å². The zero-order valence-corrected chi connectivity index (χ0v) is 35.5. The second-order valence-electron chi connectivity index (χ2n) is 19.8. The highest BCUT2D eigenvalue weighted by molar-refractivity contribution is 6.90. The van der Waals surface area contributed by atoms with E-state index in [1.54, 1.807) is 0 Å². The summed E-state index contributed by atoms with van der Waals surface area (Å²) >= 11 is 0. The lowest BCUT2D eigenvalue weighted by molar-refractivity contribution is 0.590. The number of fused-ring (bicyclic) bond motifs is 13. The van der Waals surface area contributed by atoms with Crippen molar-refractivity contribution in [3.8, 4) is 44.6 Å². The molecule has 0 N–H and O–H groups in total. The van der Waals surface area contributed by atoms with E-state index in [-0.39, 0.29) is 23.1 Å². The Balaban J connectivity index is 1.21. The van der Waals surface area contributed by atoms with Gasteiger partial charge in [-0.25, -0.2) is 0 Å². The molecule has 3 heterocycles. The quantitative estimate of drug-likeness (QED) is 0.163. The molecule has 12 rings (SSSR count). The van der Waals surface area contributed by atoms with Crippen molar-refractivity contribution in [3.05, 3.63) is 178 Å². The second-order valence-corrected chi connectivity index (χ2v) is 19.8. The molecule has 7 aromatic carbocycles. The zero-order chi connectivity index (χ0) is 40.3. The van der Waals surface area contributed by atoms with E-state index in [1.165, 1.54) is 117 Å². The average Bonchev–Trinajstić information content (AvgIpc) is 3.79. The highest BCUT2D eigenvalue weighted by Crippen LogP contribution is 2.58. The minimum atomic E-state index is -0.127. The molecule has 3 heteroatoms. The molecule has 0 saturated carbocycles. The molecule has 4 aliphatic rings. The van der Waals surface area contributed by atoms with Gasteiger partial charge in [0, 0.05) is 62.0 Å². The van der Waals surface area contributed by atoms with Gasteiger partial charge in [-0.1, -0.05) is 182 Å². The van der Waals surface area contributed by atoms with E-state index >= 15 is 0 Å². The third-order valence-corrected chi connectivity index (χ3v) is 14.6. The van der Waals surface area contributed by atoms with Crippen LogP contribution < -0.4 is 15.8 Å². The van der Waals surface area contributed by atoms with Gasteiger partial charge in [-0.05, 0) is 90.5 Å². The summed E-state index contributed by atoms with van der Waals surface area (Å²) in [6.45, 7) is 19.7. The molecule has 0 atom stereocenters. The van der Waals surface area contributed by atoms with Crippen molar-refractivity contribution in [1.82, 2.24) is 4.48 Å². The molecule has 286 valence electrons. The number of benzene rings is 7. The van der Waals surface area contributed by atoms with Gasteiger partial charge in [0.2, 0.25) is 0 Å². The summed E-state index contributed by atoms with van der Waals surface area (Å²) in [6.07, 6.45) is 0. The van der Waals surface area contributed by atoms with Gasteiger partial charge in [-0.3, -0.25) is 0 Å². The Bertz CT molecular complexity index is 3130. The van der Waals surface area contributed by atoms with Crippen molar-refractivity contribution in [1.29, 1.82) is 0 Å². The van der Waals surface area contributed by atoms with Gasteiger partial charge in [0.1, 0.15) is 0 Å². The minimum Gasteiger partial charge on any atom is -0.375 e. The lowest BCUT2D eigenvalue weighted by atomic mass is 9.44. The summed E-state index contributed by atoms with van der Waals surface area (Å²) in [5.41, 5.74) is 27.1. The molecule has 0 unspecified atom stereocenters. The topological polar surface area (TPSA) is 8.17 Å². The summed E-state index contributed by atoms with van der Waals surface area (Å²) in [6, 6.07) is 53.8. The van der Waals surface area contributed by atoms with Crippen LogP contribution in [0.25, 0.3) is 55.5 Å². The maximum atomic E-state index is 2.79. The van der Waals surface area contributed by atoms with E-state index in [2.05, 4.69) is 204 Å². The average molecular weight is 761 g/mol. The number of hydrogen-bond donors (Lipinski definition) is 0. The minimum absolute atomic E-state index is 0.00740. The molecule has 0 fully saturated rings. The van der Waals surface area contributed by atoms with E-state index in [0.29, 0.717) is 0 Å². The second kappa shape index (κ2) is 11.6. The molecule has 0 saturated heterocycles. The molecule has 8 aromatic rings. The first kappa shape index (κ1) is 34.9. The maximum Gasteiger partial charge on any atom is 0.333 e. The van der Waals surface area contributed by atoms with Gasteiger partial charge in [0.05, 0.1) is 0 Å². The highest BCUT2D eigenvalue weighted by atomic mass is 15.2. The number of rotatable bonds is 3. The van der Waals surface area contributed by atoms with Gasteiger partial charge in [0.25, 0.3) is 0 Å². The van der Waals surface area contributed by atoms with Crippen LogP contribution in [-0.2, 0) is 22.8 Å². The zero-order valence-electron chi connectivity index (χ0n) is 35.5. The van der Waals surface area contributed by atoms with Crippen molar-refractivity contribution in [3.63, 3.8) is 0 Å². The van der Waals surface area contributed by atoms with E-state index in [0.717, 1.165) is 6.54 Å². The first-order valence-corrected chi connectivity index (χ1v) is 21.5. The van der Waals surface area contributed by atoms with Crippen LogP contribution in [0.15, 0.2) is 140 Å². The number of anilines is 2. The normalized spacial score (nSPS) is 15.7. The molecule has 0 radical (unpaired) electrons. The third kappa shape index (κ3) is 4.49. The number of aryl methyl sites for hydroxylation is 1. The fraction of sp³-hybridized carbons (Fsp3) is 0.214. The number of nitrogens with zero attached hydrogens (tertiary/aromatic N) is 2. The Kier molecular flexibility index (Phi) is 6.85. The molecule has 0 spiro atoms. The van der Waals surface area contributed by atoms with Crippen molar-refractivity contribution in [2.45, 2.75) is 78.2 Å². The molecule has 1 aromatic heterocycles. The van der Waals surface area contributed by atoms with Crippen LogP contribution >= 0.6 is 0 Å². The summed E-state index contributed by atoms with van der Waals surface area (Å²) < 4.78 is 2.79. The van der Waals surface area contributed by atoms with Crippen LogP contribution in [-0.4, -0.2) is 11.3 Å². The van der Waals surface area contributed by atoms with Crippen LogP contribution in [0.2, 0.25) is 0 Å². The van der Waals surface area contributed by atoms with Gasteiger partial charge in [-0.15, -0.1) is 0 Å². The van der Waals surface area contributed by atoms with Crippen LogP contribution in [0.5, 0.6) is 0 Å². The maximum absolute atomic E-state index is 2.79. The highest BCUT2D eigenvalue weighted by Gasteiger charge is 2.50. The number of aromatic nitrogens is 1. The monoisotopic (exact) mass is 760 g/mol. The van der Waals surface area contributed by atoms with Gasteiger partial charge in [0.15, 0.2) is 0 Å². The van der Waals surface area contributed by atoms with Crippen LogP contribution in [0.1, 0.15) is 87.4 Å². The Hall–Kier alpha value is -6.06. The Morgan fingerprint density at radius 3 is 2.05 bits per heavy atom. The standard InChI is InChI=1S/C56H49BN2/c1-33-29-42-37-21-16-22-40-49-52(39-20-13-15-24-44(39)56(49,7)8)59(51(37)40)57-46-28-27-45-48(38-19-12-14-23-43(38)55(45,5)6)53(46)58(47(30-33)50(42)57)32-35-25-26-36(54(2,3)4)31-41(35)34-17-10-9-11-18-34/h9-31H,32H2,1-8H3. The first-order chi connectivity index (χ1) is 28.4. The summed E-state index contributed by atoms with van der Waals surface area (Å²) in [7, 11) is 0. The predicted molar refractivity (Wildman–Crippen MR) is 251 cm³/mol. The molecule has 2 aliphatic heterocycles. The fourth-order valence-electron chi connectivity index (χ4n) is 11.9. The van der Waals surface area contributed by atoms with E-state index in [4.69, 9.17) is 0 Å². The number of para-hydroxylation sites is 1. The van der Waals surface area contributed by atoms with Gasteiger partial charge >= 0.3 is 6.85 Å². The van der Waals surface area contributed by atoms with Crippen LogP contribution in [0, 0.1) is 6.92 Å². The Morgan fingerprint density at radius 2 is 1.29 bits per heavy atom. The van der Waals surface area contributed by atoms with Gasteiger partial charge in [-0.2, -0.15) is 0 Å². The summed E-state index contributed by atoms with van der Waals surface area (Å²) in [5.74, 6) is 0. The van der Waals surface area contributed by atoms with Crippen LogP contribution in [0.4, 0.5) is 11.4 Å². The summed E-state index contributed by atoms with van der Waals surface area (Å²) in [4.78, 5) is 2.74. The molecular formula is C56H49BN2. The molecule has 2 aliphatic carbocycles. The lowest BCUT2D eigenvalue weighted by Crippen LogP contribution is -2.57. The van der Waals surface area contributed by atoms with E-state index < -0.39 is 0 Å². The van der Waals surface area contributed by atoms with Crippen LogP contribution in [0.3, 0.4) is 0 Å². The summed E-state index contributed by atoms with van der Waals surface area (Å²) in [5, 5.41) is 1.38. The Morgan fingerprint density at radius 1 is 0.593 bits per heavy atom. The Labute approximate surface area is 349 Å². The largest absolute Gasteiger partial charge is 0.375 e.